The van der Waals surface area contributed by atoms with E-state index in [1.54, 1.807) is 26.4 Å². The Kier molecular flexibility index (Phi) is 6.58. The zero-order chi connectivity index (χ0) is 22.7. The highest BCUT2D eigenvalue weighted by Gasteiger charge is 2.49. The Hall–Kier alpha value is -2.77. The van der Waals surface area contributed by atoms with Crippen LogP contribution < -0.4 is 20.2 Å². The number of hydrazone groups is 1. The molecule has 7 nitrogen and oxygen atoms in total. The summed E-state index contributed by atoms with van der Waals surface area (Å²) in [5.41, 5.74) is 5.49. The number of fused-ring (bicyclic) bond motifs is 1. The molecule has 2 fully saturated rings. The minimum atomic E-state index is -0.401. The van der Waals surface area contributed by atoms with Gasteiger partial charge in [0.15, 0.2) is 11.5 Å². The fraction of sp³-hybridized carbons (Fsp3) is 0.417. The second kappa shape index (κ2) is 9.38. The molecule has 2 unspecified atom stereocenters. The third kappa shape index (κ3) is 4.27. The van der Waals surface area contributed by atoms with Crippen molar-refractivity contribution in [1.29, 1.82) is 0 Å². The van der Waals surface area contributed by atoms with Gasteiger partial charge in [-0.05, 0) is 62.7 Å². The van der Waals surface area contributed by atoms with Gasteiger partial charge in [-0.3, -0.25) is 0 Å². The molecule has 1 saturated heterocycles. The number of anilines is 1. The first-order valence-corrected chi connectivity index (χ1v) is 11.1. The number of carbonyl (C=O) groups excluding carboxylic acids is 1. The van der Waals surface area contributed by atoms with Gasteiger partial charge in [-0.2, -0.15) is 5.10 Å². The number of hydrogen-bond donors (Lipinski definition) is 2. The predicted octanol–water partition coefficient (Wildman–Crippen LogP) is 4.66. The summed E-state index contributed by atoms with van der Waals surface area (Å²) in [6.45, 7) is 1.02. The average molecular weight is 457 g/mol. The minimum absolute atomic E-state index is 0.0349. The van der Waals surface area contributed by atoms with E-state index in [0.717, 1.165) is 49.4 Å². The van der Waals surface area contributed by atoms with Gasteiger partial charge in [-0.1, -0.05) is 29.8 Å². The van der Waals surface area contributed by atoms with Crippen molar-refractivity contribution >= 4 is 29.0 Å². The van der Waals surface area contributed by atoms with Crippen molar-refractivity contribution < 1.29 is 14.3 Å². The summed E-state index contributed by atoms with van der Waals surface area (Å²) in [5.74, 6) is 1.49. The van der Waals surface area contributed by atoms with Crippen molar-refractivity contribution in [2.45, 2.75) is 37.1 Å². The van der Waals surface area contributed by atoms with Crippen LogP contribution in [0, 0.1) is 0 Å². The molecule has 4 rings (SSSR count). The molecule has 0 radical (unpaired) electrons. The number of hydrogen-bond acceptors (Lipinski definition) is 5. The lowest BCUT2D eigenvalue weighted by Gasteiger charge is -2.42. The molecule has 2 aromatic carbocycles. The van der Waals surface area contributed by atoms with Gasteiger partial charge in [0.25, 0.3) is 0 Å². The van der Waals surface area contributed by atoms with Crippen LogP contribution in [0.5, 0.6) is 11.5 Å². The van der Waals surface area contributed by atoms with Gasteiger partial charge in [0.05, 0.1) is 24.9 Å². The molecule has 2 aromatic rings. The zero-order valence-corrected chi connectivity index (χ0v) is 19.4. The predicted molar refractivity (Wildman–Crippen MR) is 127 cm³/mol. The molecule has 32 heavy (non-hydrogen) atoms. The van der Waals surface area contributed by atoms with Gasteiger partial charge < -0.3 is 19.7 Å². The van der Waals surface area contributed by atoms with E-state index in [0.29, 0.717) is 16.8 Å². The maximum absolute atomic E-state index is 12.3. The number of likely N-dealkylation sites (tertiary alicyclic amines) is 1. The van der Waals surface area contributed by atoms with E-state index < -0.39 is 6.03 Å². The number of nitrogens with zero attached hydrogens (tertiary/aromatic N) is 2. The van der Waals surface area contributed by atoms with E-state index in [2.05, 4.69) is 39.9 Å². The van der Waals surface area contributed by atoms with E-state index in [1.165, 1.54) is 5.56 Å². The molecule has 1 aliphatic heterocycles. The summed E-state index contributed by atoms with van der Waals surface area (Å²) in [6, 6.07) is 13.3. The molecule has 0 aromatic heterocycles. The van der Waals surface area contributed by atoms with E-state index in [9.17, 15) is 4.79 Å². The normalized spacial score (nSPS) is 24.1. The average Bonchev–Trinajstić information content (AvgIpc) is 3.15. The number of nitrogens with one attached hydrogen (secondary N) is 2. The maximum Gasteiger partial charge on any atom is 0.339 e. The molecule has 170 valence electrons. The Morgan fingerprint density at radius 1 is 1.16 bits per heavy atom. The molecular formula is C24H29ClN4O3. The number of halogens is 1. The molecule has 2 N–H and O–H groups in total. The van der Waals surface area contributed by atoms with Crippen LogP contribution in [0.2, 0.25) is 5.02 Å². The first-order valence-electron chi connectivity index (χ1n) is 10.8. The maximum atomic E-state index is 12.3. The van der Waals surface area contributed by atoms with Gasteiger partial charge >= 0.3 is 6.03 Å². The zero-order valence-electron chi connectivity index (χ0n) is 18.7. The van der Waals surface area contributed by atoms with Crippen LogP contribution in [0.1, 0.15) is 31.2 Å². The Bertz CT molecular complexity index is 1030. The Labute approximate surface area is 193 Å². The van der Waals surface area contributed by atoms with Crippen LogP contribution in [0.15, 0.2) is 47.6 Å². The molecule has 1 saturated carbocycles. The molecule has 1 aliphatic carbocycles. The smallest absolute Gasteiger partial charge is 0.339 e. The molecule has 0 spiro atoms. The third-order valence-electron chi connectivity index (χ3n) is 6.77. The van der Waals surface area contributed by atoms with Gasteiger partial charge in [0.2, 0.25) is 0 Å². The number of likely N-dealkylation sites (N-methyl/N-ethyl adjacent to an activating group) is 1. The standard InChI is InChI=1S/C24H29ClN4O3/c1-29-13-12-24(16-8-9-20(31-2)21(14-16)32-3)11-10-17(15-22(24)29)27-28-23(30)26-19-7-5-4-6-18(19)25/h4-9,14,22H,10-13,15H2,1-3H3,(H2,26,28,30)/b27-17+. The van der Waals surface area contributed by atoms with Crippen LogP contribution >= 0.6 is 11.6 Å². The van der Waals surface area contributed by atoms with Crippen LogP contribution in [0.4, 0.5) is 10.5 Å². The van der Waals surface area contributed by atoms with Crippen LogP contribution in [-0.2, 0) is 5.41 Å². The highest BCUT2D eigenvalue weighted by Crippen LogP contribution is 2.49. The third-order valence-corrected chi connectivity index (χ3v) is 7.09. The van der Waals surface area contributed by atoms with E-state index in [1.807, 2.05) is 18.2 Å². The van der Waals surface area contributed by atoms with Gasteiger partial charge in [-0.25, -0.2) is 10.2 Å². The molecule has 8 heteroatoms. The van der Waals surface area contributed by atoms with Crippen LogP contribution in [0.3, 0.4) is 0 Å². The van der Waals surface area contributed by atoms with Crippen LogP contribution in [-0.4, -0.2) is 50.5 Å². The minimum Gasteiger partial charge on any atom is -0.493 e. The molecule has 2 atom stereocenters. The number of para-hydroxylation sites is 1. The lowest BCUT2D eigenvalue weighted by molar-refractivity contribution is 0.225. The monoisotopic (exact) mass is 456 g/mol. The molecule has 2 aliphatic rings. The summed E-state index contributed by atoms with van der Waals surface area (Å²) in [7, 11) is 5.48. The van der Waals surface area contributed by atoms with Crippen molar-refractivity contribution in [3.8, 4) is 11.5 Å². The Balaban J connectivity index is 1.49. The Morgan fingerprint density at radius 2 is 1.94 bits per heavy atom. The quantitative estimate of drug-likeness (QED) is 0.641. The largest absolute Gasteiger partial charge is 0.493 e. The summed E-state index contributed by atoms with van der Waals surface area (Å²) in [4.78, 5) is 14.7. The number of urea groups is 1. The second-order valence-corrected chi connectivity index (χ2v) is 8.81. The SMILES string of the molecule is COc1ccc(C23CC/C(=N\NC(=O)Nc4ccccc4Cl)CC2N(C)CC3)cc1OC. The first-order chi connectivity index (χ1) is 15.5. The number of benzene rings is 2. The highest BCUT2D eigenvalue weighted by atomic mass is 35.5. The van der Waals surface area contributed by atoms with E-state index >= 15 is 0 Å². The van der Waals surface area contributed by atoms with Crippen molar-refractivity contribution in [1.82, 2.24) is 10.3 Å². The number of ether oxygens (including phenoxy) is 2. The Morgan fingerprint density at radius 3 is 2.69 bits per heavy atom. The van der Waals surface area contributed by atoms with Crippen molar-refractivity contribution in [3.63, 3.8) is 0 Å². The number of rotatable bonds is 5. The first kappa shape index (κ1) is 22.4. The molecule has 2 amide bonds. The number of carbonyl (C=O) groups is 1. The van der Waals surface area contributed by atoms with Gasteiger partial charge in [-0.15, -0.1) is 0 Å². The highest BCUT2D eigenvalue weighted by molar-refractivity contribution is 6.33. The topological polar surface area (TPSA) is 75.2 Å². The van der Waals surface area contributed by atoms with Gasteiger partial charge in [0.1, 0.15) is 0 Å². The number of amides is 2. The molecule has 0 bridgehead atoms. The molecular weight excluding hydrogens is 428 g/mol. The van der Waals surface area contributed by atoms with Crippen molar-refractivity contribution in [2.24, 2.45) is 5.10 Å². The molecule has 1 heterocycles. The summed E-state index contributed by atoms with van der Waals surface area (Å²) >= 11 is 6.11. The lowest BCUT2D eigenvalue weighted by atomic mass is 9.65. The lowest BCUT2D eigenvalue weighted by Crippen LogP contribution is -2.46. The summed E-state index contributed by atoms with van der Waals surface area (Å²) in [5, 5.41) is 7.65. The second-order valence-electron chi connectivity index (χ2n) is 8.40. The van der Waals surface area contributed by atoms with Crippen molar-refractivity contribution in [3.05, 3.63) is 53.1 Å². The fourth-order valence-electron chi connectivity index (χ4n) is 5.03. The fourth-order valence-corrected chi connectivity index (χ4v) is 5.21. The van der Waals surface area contributed by atoms with Gasteiger partial charge in [0, 0.05) is 23.6 Å². The van der Waals surface area contributed by atoms with Crippen molar-refractivity contribution in [2.75, 3.05) is 33.1 Å². The summed E-state index contributed by atoms with van der Waals surface area (Å²) < 4.78 is 11.0. The van der Waals surface area contributed by atoms with E-state index in [-0.39, 0.29) is 5.41 Å². The number of methoxy groups -OCH3 is 2. The van der Waals surface area contributed by atoms with Crippen LogP contribution in [0.25, 0.3) is 0 Å². The summed E-state index contributed by atoms with van der Waals surface area (Å²) in [6.07, 6.45) is 3.67. The van der Waals surface area contributed by atoms with E-state index in [4.69, 9.17) is 21.1 Å².